The number of hydrogen-bond acceptors (Lipinski definition) is 4. The van der Waals surface area contributed by atoms with Crippen LogP contribution >= 0.6 is 11.6 Å². The summed E-state index contributed by atoms with van der Waals surface area (Å²) in [6, 6.07) is 2.96. The molecule has 0 aliphatic rings. The summed E-state index contributed by atoms with van der Waals surface area (Å²) in [6.45, 7) is 1.33. The van der Waals surface area contributed by atoms with E-state index in [0.29, 0.717) is 23.9 Å². The lowest BCUT2D eigenvalue weighted by Gasteiger charge is -2.12. The Bertz CT molecular complexity index is 423. The number of ether oxygens (including phenoxy) is 2. The van der Waals surface area contributed by atoms with Gasteiger partial charge in [-0.2, -0.15) is 0 Å². The van der Waals surface area contributed by atoms with Gasteiger partial charge in [0.05, 0.1) is 17.8 Å². The molecule has 0 aliphatic heterocycles. The monoisotopic (exact) mass is 273 g/mol. The summed E-state index contributed by atoms with van der Waals surface area (Å²) in [6.07, 6.45) is 0.829. The first-order chi connectivity index (χ1) is 8.60. The molecule has 18 heavy (non-hydrogen) atoms. The van der Waals surface area contributed by atoms with Crippen LogP contribution in [0.4, 0.5) is 5.69 Å². The molecule has 0 aromatic heterocycles. The van der Waals surface area contributed by atoms with Crippen molar-refractivity contribution in [1.82, 2.24) is 0 Å². The Hall–Kier alpha value is -1.46. The zero-order chi connectivity index (χ0) is 13.5. The van der Waals surface area contributed by atoms with Crippen LogP contribution in [0.5, 0.6) is 5.75 Å². The molecule has 5 nitrogen and oxygen atoms in total. The Labute approximate surface area is 111 Å². The lowest BCUT2D eigenvalue weighted by Crippen LogP contribution is -2.07. The van der Waals surface area contributed by atoms with E-state index in [9.17, 15) is 4.79 Å². The number of carboxylic acids is 1. The lowest BCUT2D eigenvalue weighted by atomic mass is 10.1. The molecule has 1 rings (SSSR count). The minimum atomic E-state index is -1.07. The SMILES string of the molecule is COCCCNc1cc(OC)c(C(=O)O)cc1Cl. The van der Waals surface area contributed by atoms with Gasteiger partial charge < -0.3 is 19.9 Å². The molecular formula is C12H16ClNO4. The number of halogens is 1. The van der Waals surface area contributed by atoms with Gasteiger partial charge in [-0.1, -0.05) is 11.6 Å². The van der Waals surface area contributed by atoms with Gasteiger partial charge in [-0.15, -0.1) is 0 Å². The fourth-order valence-electron chi connectivity index (χ4n) is 1.46. The molecule has 0 saturated heterocycles. The number of benzene rings is 1. The smallest absolute Gasteiger partial charge is 0.339 e. The van der Waals surface area contributed by atoms with Gasteiger partial charge >= 0.3 is 5.97 Å². The highest BCUT2D eigenvalue weighted by molar-refractivity contribution is 6.33. The van der Waals surface area contributed by atoms with Crippen LogP contribution in [0.2, 0.25) is 5.02 Å². The molecule has 0 spiro atoms. The van der Waals surface area contributed by atoms with Gasteiger partial charge in [0, 0.05) is 26.3 Å². The van der Waals surface area contributed by atoms with Crippen molar-refractivity contribution >= 4 is 23.3 Å². The highest BCUT2D eigenvalue weighted by Crippen LogP contribution is 2.30. The fraction of sp³-hybridized carbons (Fsp3) is 0.417. The lowest BCUT2D eigenvalue weighted by molar-refractivity contribution is 0.0693. The third-order valence-electron chi connectivity index (χ3n) is 2.36. The van der Waals surface area contributed by atoms with Crippen LogP contribution in [0.1, 0.15) is 16.8 Å². The quantitative estimate of drug-likeness (QED) is 0.747. The van der Waals surface area contributed by atoms with Crippen LogP contribution in [-0.2, 0) is 4.74 Å². The van der Waals surface area contributed by atoms with E-state index >= 15 is 0 Å². The number of anilines is 1. The van der Waals surface area contributed by atoms with Crippen LogP contribution in [0.25, 0.3) is 0 Å². The predicted octanol–water partition coefficient (Wildman–Crippen LogP) is 2.50. The third-order valence-corrected chi connectivity index (χ3v) is 2.67. The first-order valence-electron chi connectivity index (χ1n) is 5.43. The summed E-state index contributed by atoms with van der Waals surface area (Å²) >= 11 is 6.00. The van der Waals surface area contributed by atoms with Crippen LogP contribution in [0.3, 0.4) is 0 Å². The first-order valence-corrected chi connectivity index (χ1v) is 5.81. The van der Waals surface area contributed by atoms with E-state index in [4.69, 9.17) is 26.2 Å². The Morgan fingerprint density at radius 1 is 1.44 bits per heavy atom. The average Bonchev–Trinajstić information content (AvgIpc) is 2.35. The van der Waals surface area contributed by atoms with Crippen LogP contribution in [0, 0.1) is 0 Å². The molecule has 0 aliphatic carbocycles. The van der Waals surface area contributed by atoms with E-state index in [1.165, 1.54) is 13.2 Å². The highest BCUT2D eigenvalue weighted by atomic mass is 35.5. The van der Waals surface area contributed by atoms with Crippen molar-refractivity contribution in [3.05, 3.63) is 22.7 Å². The van der Waals surface area contributed by atoms with Gasteiger partial charge in [0.25, 0.3) is 0 Å². The summed E-state index contributed by atoms with van der Waals surface area (Å²) in [7, 11) is 3.06. The number of carbonyl (C=O) groups is 1. The first kappa shape index (κ1) is 14.6. The van der Waals surface area contributed by atoms with Crippen molar-refractivity contribution in [2.45, 2.75) is 6.42 Å². The topological polar surface area (TPSA) is 67.8 Å². The zero-order valence-corrected chi connectivity index (χ0v) is 11.1. The van der Waals surface area contributed by atoms with Crippen LogP contribution in [-0.4, -0.2) is 38.4 Å². The molecule has 0 fully saturated rings. The summed E-state index contributed by atoms with van der Waals surface area (Å²) in [4.78, 5) is 11.0. The third kappa shape index (κ3) is 3.78. The van der Waals surface area contributed by atoms with Crippen molar-refractivity contribution in [3.8, 4) is 5.75 Å². The van der Waals surface area contributed by atoms with Gasteiger partial charge in [-0.25, -0.2) is 4.79 Å². The van der Waals surface area contributed by atoms with Crippen molar-refractivity contribution in [2.24, 2.45) is 0 Å². The number of carboxylic acid groups (broad SMARTS) is 1. The van der Waals surface area contributed by atoms with E-state index in [2.05, 4.69) is 5.32 Å². The minimum absolute atomic E-state index is 0.0462. The van der Waals surface area contributed by atoms with Crippen molar-refractivity contribution in [1.29, 1.82) is 0 Å². The Kier molecular flexibility index (Phi) is 5.74. The Morgan fingerprint density at radius 3 is 2.72 bits per heavy atom. The number of rotatable bonds is 7. The molecule has 100 valence electrons. The normalized spacial score (nSPS) is 10.2. The zero-order valence-electron chi connectivity index (χ0n) is 10.3. The maximum absolute atomic E-state index is 11.0. The summed E-state index contributed by atoms with van der Waals surface area (Å²) < 4.78 is 9.96. The van der Waals surface area contributed by atoms with Crippen molar-refractivity contribution in [2.75, 3.05) is 32.7 Å². The Balaban J connectivity index is 2.83. The van der Waals surface area contributed by atoms with Gasteiger partial charge in [0.2, 0.25) is 0 Å². The van der Waals surface area contributed by atoms with E-state index < -0.39 is 5.97 Å². The van der Waals surface area contributed by atoms with Gasteiger partial charge in [0.1, 0.15) is 11.3 Å². The van der Waals surface area contributed by atoms with Gasteiger partial charge in [-0.05, 0) is 12.5 Å². The van der Waals surface area contributed by atoms with Crippen molar-refractivity contribution in [3.63, 3.8) is 0 Å². The second-order valence-corrected chi connectivity index (χ2v) is 4.02. The fourth-order valence-corrected chi connectivity index (χ4v) is 1.69. The van der Waals surface area contributed by atoms with Crippen LogP contribution < -0.4 is 10.1 Å². The molecule has 0 amide bonds. The summed E-state index contributed by atoms with van der Waals surface area (Å²) in [5.41, 5.74) is 0.694. The molecule has 6 heteroatoms. The van der Waals surface area contributed by atoms with E-state index in [-0.39, 0.29) is 11.3 Å². The molecule has 0 radical (unpaired) electrons. The number of aromatic carboxylic acids is 1. The molecule has 0 bridgehead atoms. The Morgan fingerprint density at radius 2 is 2.17 bits per heavy atom. The standard InChI is InChI=1S/C12H16ClNO4/c1-17-5-3-4-14-10-7-11(18-2)8(12(15)16)6-9(10)13/h6-7,14H,3-5H2,1-2H3,(H,15,16). The van der Waals surface area contributed by atoms with E-state index in [0.717, 1.165) is 6.42 Å². The maximum atomic E-state index is 11.0. The second kappa shape index (κ2) is 7.08. The number of nitrogens with one attached hydrogen (secondary N) is 1. The number of hydrogen-bond donors (Lipinski definition) is 2. The van der Waals surface area contributed by atoms with E-state index in [1.54, 1.807) is 13.2 Å². The average molecular weight is 274 g/mol. The minimum Gasteiger partial charge on any atom is -0.496 e. The van der Waals surface area contributed by atoms with E-state index in [1.807, 2.05) is 0 Å². The molecule has 1 aromatic rings. The van der Waals surface area contributed by atoms with Gasteiger partial charge in [0.15, 0.2) is 0 Å². The largest absolute Gasteiger partial charge is 0.496 e. The molecule has 0 saturated carbocycles. The second-order valence-electron chi connectivity index (χ2n) is 3.61. The molecule has 2 N–H and O–H groups in total. The number of methoxy groups -OCH3 is 2. The van der Waals surface area contributed by atoms with Crippen LogP contribution in [0.15, 0.2) is 12.1 Å². The summed E-state index contributed by atoms with van der Waals surface area (Å²) in [5.74, 6) is -0.791. The van der Waals surface area contributed by atoms with Crippen molar-refractivity contribution < 1.29 is 19.4 Å². The molecule has 0 atom stereocenters. The highest BCUT2D eigenvalue weighted by Gasteiger charge is 2.14. The predicted molar refractivity (Wildman–Crippen MR) is 69.9 cm³/mol. The summed E-state index contributed by atoms with van der Waals surface area (Å²) in [5, 5.41) is 12.4. The van der Waals surface area contributed by atoms with Gasteiger partial charge in [-0.3, -0.25) is 0 Å². The molecule has 0 heterocycles. The maximum Gasteiger partial charge on any atom is 0.339 e. The molecular weight excluding hydrogens is 258 g/mol. The molecule has 1 aromatic carbocycles. The molecule has 0 unspecified atom stereocenters.